The number of nitrogens with two attached hydrogens (primary N) is 2. The molecule has 2 aromatic rings. The van der Waals surface area contributed by atoms with Gasteiger partial charge in [-0.05, 0) is 12.5 Å². The zero-order valence-corrected chi connectivity index (χ0v) is 11.9. The number of carbonyl (C=O) groups is 1. The van der Waals surface area contributed by atoms with Gasteiger partial charge in [0, 0.05) is 37.7 Å². The number of nitrogens with one attached hydrogen (secondary N) is 1. The van der Waals surface area contributed by atoms with Crippen molar-refractivity contribution in [2.24, 2.45) is 5.73 Å². The average molecular weight is 299 g/mol. The van der Waals surface area contributed by atoms with E-state index in [1.54, 1.807) is 12.4 Å². The third-order valence-electron chi connectivity index (χ3n) is 3.55. The molecular weight excluding hydrogens is 282 g/mol. The highest BCUT2D eigenvalue weighted by molar-refractivity contribution is 6.07. The number of anilines is 3. The maximum Gasteiger partial charge on any atom is 0.278 e. The number of nitrogen functional groups attached to an aromatic ring is 1. The molecule has 1 amide bonds. The third-order valence-corrected chi connectivity index (χ3v) is 3.55. The van der Waals surface area contributed by atoms with Gasteiger partial charge < -0.3 is 21.7 Å². The summed E-state index contributed by atoms with van der Waals surface area (Å²) in [5.74, 6) is -0.322. The molecule has 0 aliphatic carbocycles. The van der Waals surface area contributed by atoms with E-state index >= 15 is 0 Å². The molecule has 1 saturated heterocycles. The highest BCUT2D eigenvalue weighted by atomic mass is 16.1. The van der Waals surface area contributed by atoms with Gasteiger partial charge in [-0.1, -0.05) is 0 Å². The number of hydrogen-bond donors (Lipinski definition) is 3. The predicted molar refractivity (Wildman–Crippen MR) is 83.4 cm³/mol. The lowest BCUT2D eigenvalue weighted by atomic mass is 10.3. The molecule has 0 bridgehead atoms. The van der Waals surface area contributed by atoms with Crippen molar-refractivity contribution in [1.29, 1.82) is 0 Å². The fraction of sp³-hybridized carbons (Fsp3) is 0.286. The van der Waals surface area contributed by atoms with Crippen molar-refractivity contribution in [3.63, 3.8) is 0 Å². The summed E-state index contributed by atoms with van der Waals surface area (Å²) in [6.45, 7) is 1.60. The Bertz CT molecular complexity index is 690. The molecule has 1 fully saturated rings. The van der Waals surface area contributed by atoms with Crippen LogP contribution < -0.4 is 21.7 Å². The van der Waals surface area contributed by atoms with Gasteiger partial charge in [-0.15, -0.1) is 0 Å². The van der Waals surface area contributed by atoms with Gasteiger partial charge in [-0.25, -0.2) is 9.97 Å². The molecule has 0 aromatic carbocycles. The maximum absolute atomic E-state index is 12.3. The summed E-state index contributed by atoms with van der Waals surface area (Å²) in [7, 11) is 0. The third kappa shape index (κ3) is 2.82. The molecule has 114 valence electrons. The molecule has 0 spiro atoms. The summed E-state index contributed by atoms with van der Waals surface area (Å²) >= 11 is 0. The first kappa shape index (κ1) is 14.2. The quantitative estimate of drug-likeness (QED) is 0.742. The number of aromatic nitrogens is 3. The van der Waals surface area contributed by atoms with Crippen molar-refractivity contribution in [2.75, 3.05) is 29.0 Å². The van der Waals surface area contributed by atoms with Crippen LogP contribution >= 0.6 is 0 Å². The molecule has 3 heterocycles. The monoisotopic (exact) mass is 299 g/mol. The summed E-state index contributed by atoms with van der Waals surface area (Å²) in [6, 6.07) is 2.00. The van der Waals surface area contributed by atoms with Crippen molar-refractivity contribution >= 4 is 23.1 Å². The second-order valence-corrected chi connectivity index (χ2v) is 5.13. The van der Waals surface area contributed by atoms with Crippen LogP contribution in [-0.2, 0) is 0 Å². The van der Waals surface area contributed by atoms with Crippen LogP contribution in [-0.4, -0.2) is 40.0 Å². The predicted octanol–water partition coefficient (Wildman–Crippen LogP) is 0.244. The van der Waals surface area contributed by atoms with Crippen LogP contribution in [0.3, 0.4) is 0 Å². The van der Waals surface area contributed by atoms with Gasteiger partial charge >= 0.3 is 0 Å². The molecule has 1 aliphatic heterocycles. The molecule has 5 N–H and O–H groups in total. The Kier molecular flexibility index (Phi) is 3.84. The van der Waals surface area contributed by atoms with Crippen LogP contribution in [0.1, 0.15) is 16.9 Å². The summed E-state index contributed by atoms with van der Waals surface area (Å²) in [4.78, 5) is 26.3. The second-order valence-electron chi connectivity index (χ2n) is 5.13. The second kappa shape index (κ2) is 5.94. The molecular formula is C14H17N7O. The molecule has 1 atom stereocenters. The van der Waals surface area contributed by atoms with Gasteiger partial charge in [0.1, 0.15) is 0 Å². The standard InChI is InChI=1S/C14H17N7O/c15-9-2-6-21(8-9)11-1-3-17-7-10(11)20-14(22)12-13(16)19-5-4-18-12/h1,3-5,7,9H,2,6,8,15H2,(H2,16,19)(H,20,22). The van der Waals surface area contributed by atoms with Crippen LogP contribution in [0, 0.1) is 0 Å². The van der Waals surface area contributed by atoms with Gasteiger partial charge in [0.05, 0.1) is 17.6 Å². The van der Waals surface area contributed by atoms with Crippen molar-refractivity contribution in [3.8, 4) is 0 Å². The number of pyridine rings is 1. The number of nitrogens with zero attached hydrogens (tertiary/aromatic N) is 4. The summed E-state index contributed by atoms with van der Waals surface area (Å²) in [6.07, 6.45) is 7.07. The van der Waals surface area contributed by atoms with Crippen LogP contribution in [0.5, 0.6) is 0 Å². The summed E-state index contributed by atoms with van der Waals surface area (Å²) < 4.78 is 0. The van der Waals surface area contributed by atoms with Crippen LogP contribution in [0.2, 0.25) is 0 Å². The lowest BCUT2D eigenvalue weighted by molar-refractivity contribution is 0.102. The Morgan fingerprint density at radius 1 is 1.32 bits per heavy atom. The molecule has 3 rings (SSSR count). The molecule has 8 heteroatoms. The largest absolute Gasteiger partial charge is 0.382 e. The minimum Gasteiger partial charge on any atom is -0.382 e. The first-order chi connectivity index (χ1) is 10.6. The van der Waals surface area contributed by atoms with Crippen molar-refractivity contribution in [2.45, 2.75) is 12.5 Å². The Morgan fingerprint density at radius 3 is 2.86 bits per heavy atom. The lowest BCUT2D eigenvalue weighted by Gasteiger charge is -2.21. The molecule has 22 heavy (non-hydrogen) atoms. The topological polar surface area (TPSA) is 123 Å². The van der Waals surface area contributed by atoms with Gasteiger partial charge in [0.15, 0.2) is 11.5 Å². The minimum absolute atomic E-state index is 0.0913. The average Bonchev–Trinajstić information content (AvgIpc) is 2.94. The van der Waals surface area contributed by atoms with E-state index in [4.69, 9.17) is 11.5 Å². The van der Waals surface area contributed by atoms with Crippen LogP contribution in [0.4, 0.5) is 17.2 Å². The maximum atomic E-state index is 12.3. The Hall–Kier alpha value is -2.74. The number of carbonyl (C=O) groups excluding carboxylic acids is 1. The molecule has 0 radical (unpaired) electrons. The summed E-state index contributed by atoms with van der Waals surface area (Å²) in [5, 5.41) is 2.79. The molecule has 1 unspecified atom stereocenters. The first-order valence-corrected chi connectivity index (χ1v) is 6.97. The van der Waals surface area contributed by atoms with Gasteiger partial charge in [0.25, 0.3) is 5.91 Å². The summed E-state index contributed by atoms with van der Waals surface area (Å²) in [5.41, 5.74) is 13.2. The number of rotatable bonds is 3. The molecule has 0 saturated carbocycles. The zero-order chi connectivity index (χ0) is 15.5. The molecule has 2 aromatic heterocycles. The van der Waals surface area contributed by atoms with E-state index in [-0.39, 0.29) is 17.6 Å². The van der Waals surface area contributed by atoms with E-state index in [9.17, 15) is 4.79 Å². The highest BCUT2D eigenvalue weighted by Crippen LogP contribution is 2.28. The first-order valence-electron chi connectivity index (χ1n) is 6.97. The smallest absolute Gasteiger partial charge is 0.278 e. The van der Waals surface area contributed by atoms with Gasteiger partial charge in [-0.3, -0.25) is 9.78 Å². The SMILES string of the molecule is Nc1nccnc1C(=O)Nc1cnccc1N1CCC(N)C1. The Labute approximate surface area is 127 Å². The van der Waals surface area contributed by atoms with Crippen molar-refractivity contribution < 1.29 is 4.79 Å². The molecule has 8 nitrogen and oxygen atoms in total. The normalized spacial score (nSPS) is 17.5. The van der Waals surface area contributed by atoms with Crippen LogP contribution in [0.25, 0.3) is 0 Å². The van der Waals surface area contributed by atoms with Gasteiger partial charge in [0.2, 0.25) is 0 Å². The molecule has 1 aliphatic rings. The number of amides is 1. The Morgan fingerprint density at radius 2 is 2.14 bits per heavy atom. The number of hydrogen-bond acceptors (Lipinski definition) is 7. The van der Waals surface area contributed by atoms with Gasteiger partial charge in [-0.2, -0.15) is 0 Å². The van der Waals surface area contributed by atoms with Crippen molar-refractivity contribution in [1.82, 2.24) is 15.0 Å². The van der Waals surface area contributed by atoms with E-state index in [1.165, 1.54) is 12.4 Å². The fourth-order valence-electron chi connectivity index (χ4n) is 2.47. The lowest BCUT2D eigenvalue weighted by Crippen LogP contribution is -2.27. The fourth-order valence-corrected chi connectivity index (χ4v) is 2.47. The van der Waals surface area contributed by atoms with E-state index in [0.29, 0.717) is 5.69 Å². The Balaban J connectivity index is 1.84. The van der Waals surface area contributed by atoms with E-state index in [1.807, 2.05) is 6.07 Å². The zero-order valence-electron chi connectivity index (χ0n) is 11.9. The van der Waals surface area contributed by atoms with E-state index in [0.717, 1.165) is 25.2 Å². The highest BCUT2D eigenvalue weighted by Gasteiger charge is 2.22. The van der Waals surface area contributed by atoms with Crippen LogP contribution in [0.15, 0.2) is 30.9 Å². The van der Waals surface area contributed by atoms with E-state index in [2.05, 4.69) is 25.2 Å². The minimum atomic E-state index is -0.414. The van der Waals surface area contributed by atoms with E-state index < -0.39 is 5.91 Å². The van der Waals surface area contributed by atoms with Crippen molar-refractivity contribution in [3.05, 3.63) is 36.5 Å².